The second-order valence-electron chi connectivity index (χ2n) is 8.78. The van der Waals surface area contributed by atoms with Crippen LogP contribution >= 0.6 is 0 Å². The van der Waals surface area contributed by atoms with Gasteiger partial charge in [-0.1, -0.05) is 6.07 Å². The molecular formula is C21H32N8. The summed E-state index contributed by atoms with van der Waals surface area (Å²) in [5, 5.41) is 8.02. The van der Waals surface area contributed by atoms with Gasteiger partial charge in [0.15, 0.2) is 0 Å². The van der Waals surface area contributed by atoms with E-state index in [1.807, 2.05) is 17.9 Å². The van der Waals surface area contributed by atoms with E-state index >= 15 is 0 Å². The van der Waals surface area contributed by atoms with E-state index < -0.39 is 0 Å². The van der Waals surface area contributed by atoms with Crippen LogP contribution in [0.5, 0.6) is 0 Å². The number of hydrazine groups is 1. The van der Waals surface area contributed by atoms with E-state index in [2.05, 4.69) is 50.6 Å². The van der Waals surface area contributed by atoms with Crippen molar-refractivity contribution in [2.75, 3.05) is 24.5 Å². The first-order chi connectivity index (χ1) is 14.2. The Balaban J connectivity index is 1.34. The van der Waals surface area contributed by atoms with Crippen LogP contribution in [-0.4, -0.2) is 46.5 Å². The lowest BCUT2D eigenvalue weighted by Crippen LogP contribution is -2.46. The van der Waals surface area contributed by atoms with Crippen molar-refractivity contribution in [3.05, 3.63) is 41.9 Å². The first-order valence-corrected chi connectivity index (χ1v) is 10.9. The highest BCUT2D eigenvalue weighted by Gasteiger charge is 2.42. The number of pyridine rings is 1. The van der Waals surface area contributed by atoms with Crippen LogP contribution in [0.4, 0.5) is 5.82 Å². The van der Waals surface area contributed by atoms with Gasteiger partial charge in [0, 0.05) is 62.5 Å². The SMILES string of the molecule is Cn1cc(C2CC3C(CN2)NNC3c2cccc(N3CCC[C@@H](N)CC3)n2)cn1. The molecule has 29 heavy (non-hydrogen) atoms. The number of fused-ring (bicyclic) bond motifs is 1. The van der Waals surface area contributed by atoms with Crippen LogP contribution < -0.4 is 26.8 Å². The van der Waals surface area contributed by atoms with E-state index in [1.165, 1.54) is 5.56 Å². The summed E-state index contributed by atoms with van der Waals surface area (Å²) in [7, 11) is 1.97. The van der Waals surface area contributed by atoms with Crippen LogP contribution in [0, 0.1) is 5.92 Å². The summed E-state index contributed by atoms with van der Waals surface area (Å²) < 4.78 is 1.88. The molecule has 0 saturated carbocycles. The lowest BCUT2D eigenvalue weighted by molar-refractivity contribution is 0.265. The summed E-state index contributed by atoms with van der Waals surface area (Å²) in [6.45, 7) is 2.98. The average molecular weight is 397 g/mol. The molecule has 3 aliphatic rings. The molecule has 5 heterocycles. The highest BCUT2D eigenvalue weighted by Crippen LogP contribution is 2.38. The third-order valence-corrected chi connectivity index (χ3v) is 6.76. The molecule has 0 aliphatic carbocycles. The highest BCUT2D eigenvalue weighted by molar-refractivity contribution is 5.40. The third-order valence-electron chi connectivity index (χ3n) is 6.76. The summed E-state index contributed by atoms with van der Waals surface area (Å²) in [4.78, 5) is 7.48. The van der Waals surface area contributed by atoms with E-state index in [-0.39, 0.29) is 6.04 Å². The largest absolute Gasteiger partial charge is 0.357 e. The summed E-state index contributed by atoms with van der Waals surface area (Å²) in [5.41, 5.74) is 15.6. The molecule has 0 aromatic carbocycles. The lowest BCUT2D eigenvalue weighted by atomic mass is 9.82. The average Bonchev–Trinajstić information content (AvgIpc) is 3.30. The minimum atomic E-state index is 0.218. The van der Waals surface area contributed by atoms with Crippen LogP contribution in [0.15, 0.2) is 30.6 Å². The fraction of sp³-hybridized carbons (Fsp3) is 0.619. The zero-order valence-electron chi connectivity index (χ0n) is 17.1. The van der Waals surface area contributed by atoms with Crippen molar-refractivity contribution in [1.29, 1.82) is 0 Å². The Bertz CT molecular complexity index is 836. The van der Waals surface area contributed by atoms with E-state index in [4.69, 9.17) is 10.7 Å². The Morgan fingerprint density at radius 3 is 2.97 bits per heavy atom. The van der Waals surface area contributed by atoms with Crippen LogP contribution in [0.25, 0.3) is 0 Å². The zero-order valence-corrected chi connectivity index (χ0v) is 17.1. The number of nitrogens with two attached hydrogens (primary N) is 1. The van der Waals surface area contributed by atoms with Crippen molar-refractivity contribution in [3.63, 3.8) is 0 Å². The molecule has 8 heteroatoms. The van der Waals surface area contributed by atoms with Crippen molar-refractivity contribution >= 4 is 5.82 Å². The number of rotatable bonds is 3. The van der Waals surface area contributed by atoms with Gasteiger partial charge in [0.25, 0.3) is 0 Å². The van der Waals surface area contributed by atoms with Gasteiger partial charge in [-0.15, -0.1) is 0 Å². The number of hydrogen-bond donors (Lipinski definition) is 4. The van der Waals surface area contributed by atoms with Gasteiger partial charge >= 0.3 is 0 Å². The van der Waals surface area contributed by atoms with E-state index in [9.17, 15) is 0 Å². The molecule has 0 radical (unpaired) electrons. The number of piperidine rings is 1. The van der Waals surface area contributed by atoms with E-state index in [1.54, 1.807) is 0 Å². The Morgan fingerprint density at radius 1 is 1.17 bits per heavy atom. The van der Waals surface area contributed by atoms with Crippen molar-refractivity contribution in [3.8, 4) is 0 Å². The van der Waals surface area contributed by atoms with Crippen LogP contribution in [0.3, 0.4) is 0 Å². The predicted octanol–water partition coefficient (Wildman–Crippen LogP) is 1.00. The van der Waals surface area contributed by atoms with Crippen molar-refractivity contribution in [2.24, 2.45) is 18.7 Å². The maximum Gasteiger partial charge on any atom is 0.128 e. The zero-order chi connectivity index (χ0) is 19.8. The summed E-state index contributed by atoms with van der Waals surface area (Å²) in [6.07, 6.45) is 8.44. The molecule has 4 unspecified atom stereocenters. The van der Waals surface area contributed by atoms with Gasteiger partial charge < -0.3 is 16.0 Å². The van der Waals surface area contributed by atoms with Crippen molar-refractivity contribution < 1.29 is 0 Å². The summed E-state index contributed by atoms with van der Waals surface area (Å²) >= 11 is 0. The van der Waals surface area contributed by atoms with Gasteiger partial charge in [0.2, 0.25) is 0 Å². The summed E-state index contributed by atoms with van der Waals surface area (Å²) in [6, 6.07) is 7.74. The minimum Gasteiger partial charge on any atom is -0.357 e. The highest BCUT2D eigenvalue weighted by atomic mass is 15.4. The van der Waals surface area contributed by atoms with Crippen molar-refractivity contribution in [1.82, 2.24) is 30.9 Å². The standard InChI is InChI=1S/C21H32N8/c1-28-13-14(11-24-28)18-10-16-19(12-23-18)26-27-21(16)17-5-2-6-20(25-17)29-8-3-4-15(22)7-9-29/h2,5-6,11,13,15-16,18-19,21,23,26-27H,3-4,7-10,12,22H2,1H3/t15-,16?,18?,19?,21?/m1/s1. The monoisotopic (exact) mass is 396 g/mol. The molecule has 0 bridgehead atoms. The van der Waals surface area contributed by atoms with Crippen LogP contribution in [0.2, 0.25) is 0 Å². The number of nitrogens with one attached hydrogen (secondary N) is 3. The molecule has 5 atom stereocenters. The number of aryl methyl sites for hydroxylation is 1. The number of aromatic nitrogens is 3. The first-order valence-electron chi connectivity index (χ1n) is 10.9. The first kappa shape index (κ1) is 19.0. The van der Waals surface area contributed by atoms with Gasteiger partial charge in [-0.25, -0.2) is 10.4 Å². The number of anilines is 1. The van der Waals surface area contributed by atoms with Gasteiger partial charge in [-0.2, -0.15) is 5.10 Å². The van der Waals surface area contributed by atoms with Gasteiger partial charge in [0.1, 0.15) is 5.82 Å². The quantitative estimate of drug-likeness (QED) is 0.615. The maximum absolute atomic E-state index is 6.16. The molecule has 0 amide bonds. The second-order valence-corrected chi connectivity index (χ2v) is 8.78. The Morgan fingerprint density at radius 2 is 2.10 bits per heavy atom. The van der Waals surface area contributed by atoms with Gasteiger partial charge in [-0.3, -0.25) is 10.1 Å². The normalized spacial score (nSPS) is 32.8. The lowest BCUT2D eigenvalue weighted by Gasteiger charge is -2.34. The smallest absolute Gasteiger partial charge is 0.128 e. The van der Waals surface area contributed by atoms with Crippen molar-refractivity contribution in [2.45, 2.75) is 49.9 Å². The van der Waals surface area contributed by atoms with Gasteiger partial charge in [0.05, 0.1) is 17.9 Å². The topological polar surface area (TPSA) is 96.1 Å². The molecule has 5 rings (SSSR count). The Labute approximate surface area is 172 Å². The predicted molar refractivity (Wildman–Crippen MR) is 113 cm³/mol. The molecule has 2 aromatic heterocycles. The van der Waals surface area contributed by atoms with Crippen LogP contribution in [-0.2, 0) is 7.05 Å². The van der Waals surface area contributed by atoms with E-state index in [0.717, 1.165) is 56.8 Å². The van der Waals surface area contributed by atoms with E-state index in [0.29, 0.717) is 24.0 Å². The summed E-state index contributed by atoms with van der Waals surface area (Å²) in [5.74, 6) is 1.57. The molecule has 5 N–H and O–H groups in total. The molecule has 3 fully saturated rings. The minimum absolute atomic E-state index is 0.218. The maximum atomic E-state index is 6.16. The molecular weight excluding hydrogens is 364 g/mol. The fourth-order valence-electron chi connectivity index (χ4n) is 5.08. The molecule has 8 nitrogen and oxygen atoms in total. The fourth-order valence-corrected chi connectivity index (χ4v) is 5.08. The Hall–Kier alpha value is -2.00. The third kappa shape index (κ3) is 3.90. The van der Waals surface area contributed by atoms with Gasteiger partial charge in [-0.05, 0) is 37.8 Å². The molecule has 2 aromatic rings. The number of nitrogens with zero attached hydrogens (tertiary/aromatic N) is 4. The molecule has 0 spiro atoms. The number of hydrogen-bond acceptors (Lipinski definition) is 7. The second kappa shape index (κ2) is 8.02. The molecule has 3 aliphatic heterocycles. The Kier molecular flexibility index (Phi) is 5.26. The molecule has 3 saturated heterocycles. The van der Waals surface area contributed by atoms with Crippen LogP contribution in [0.1, 0.15) is 49.0 Å². The molecule has 156 valence electrons.